The topological polar surface area (TPSA) is 60.9 Å². The maximum atomic E-state index is 12.4. The molecule has 0 unspecified atom stereocenters. The van der Waals surface area contributed by atoms with E-state index in [0.717, 1.165) is 5.56 Å². The second-order valence-electron chi connectivity index (χ2n) is 4.69. The van der Waals surface area contributed by atoms with Gasteiger partial charge in [0.25, 0.3) is 5.91 Å². The largest absolute Gasteiger partial charge is 0.382 e. The van der Waals surface area contributed by atoms with E-state index >= 15 is 0 Å². The van der Waals surface area contributed by atoms with Crippen molar-refractivity contribution in [2.75, 3.05) is 5.73 Å². The van der Waals surface area contributed by atoms with Crippen molar-refractivity contribution in [3.05, 3.63) is 70.3 Å². The minimum Gasteiger partial charge on any atom is -0.382 e. The average molecular weight is 332 g/mol. The Kier molecular flexibility index (Phi) is 3.88. The summed E-state index contributed by atoms with van der Waals surface area (Å²) in [5.41, 5.74) is 7.92. The smallest absolute Gasteiger partial charge is 0.278 e. The molecule has 1 aromatic heterocycles. The van der Waals surface area contributed by atoms with E-state index in [2.05, 4.69) is 5.10 Å². The van der Waals surface area contributed by atoms with Crippen LogP contribution in [-0.4, -0.2) is 15.7 Å². The van der Waals surface area contributed by atoms with E-state index in [1.807, 2.05) is 12.1 Å². The number of aromatic nitrogens is 2. The molecule has 4 nitrogen and oxygen atoms in total. The Morgan fingerprint density at radius 1 is 0.955 bits per heavy atom. The van der Waals surface area contributed by atoms with Crippen LogP contribution in [0.25, 0.3) is 11.1 Å². The van der Waals surface area contributed by atoms with Gasteiger partial charge < -0.3 is 5.73 Å². The molecule has 0 spiro atoms. The summed E-state index contributed by atoms with van der Waals surface area (Å²) in [4.78, 5) is 12.4. The van der Waals surface area contributed by atoms with Crippen molar-refractivity contribution in [2.45, 2.75) is 0 Å². The van der Waals surface area contributed by atoms with Crippen molar-refractivity contribution in [1.29, 1.82) is 0 Å². The fourth-order valence-corrected chi connectivity index (χ4v) is 2.32. The summed E-state index contributed by atoms with van der Waals surface area (Å²) < 4.78 is 1.22. The Morgan fingerprint density at radius 3 is 2.09 bits per heavy atom. The van der Waals surface area contributed by atoms with E-state index in [-0.39, 0.29) is 11.7 Å². The van der Waals surface area contributed by atoms with Gasteiger partial charge in [-0.05, 0) is 42.0 Å². The molecule has 0 fully saturated rings. The lowest BCUT2D eigenvalue weighted by molar-refractivity contribution is 0.0945. The van der Waals surface area contributed by atoms with Gasteiger partial charge in [-0.2, -0.15) is 0 Å². The highest BCUT2D eigenvalue weighted by atomic mass is 35.5. The minimum absolute atomic E-state index is 0.274. The second-order valence-corrected chi connectivity index (χ2v) is 5.56. The summed E-state index contributed by atoms with van der Waals surface area (Å²) in [6, 6.07) is 13.8. The number of hydrogen-bond acceptors (Lipinski definition) is 3. The van der Waals surface area contributed by atoms with Crippen molar-refractivity contribution in [3.8, 4) is 11.1 Å². The number of nitrogens with two attached hydrogens (primary N) is 1. The highest BCUT2D eigenvalue weighted by molar-refractivity contribution is 6.31. The number of benzene rings is 2. The molecule has 0 saturated heterocycles. The van der Waals surface area contributed by atoms with Gasteiger partial charge in [0, 0.05) is 27.4 Å². The molecule has 0 saturated carbocycles. The van der Waals surface area contributed by atoms with E-state index in [9.17, 15) is 4.79 Å². The first-order valence-corrected chi connectivity index (χ1v) is 7.21. The zero-order chi connectivity index (χ0) is 15.7. The molecule has 0 aliphatic rings. The Morgan fingerprint density at radius 2 is 1.50 bits per heavy atom. The molecule has 0 amide bonds. The van der Waals surface area contributed by atoms with Crippen LogP contribution in [-0.2, 0) is 0 Å². The van der Waals surface area contributed by atoms with Crippen LogP contribution in [0, 0.1) is 0 Å². The number of nitrogens with zero attached hydrogens (tertiary/aromatic N) is 2. The van der Waals surface area contributed by atoms with Crippen LogP contribution >= 0.6 is 23.2 Å². The molecular formula is C16H11Cl2N3O. The molecule has 0 aliphatic carbocycles. The van der Waals surface area contributed by atoms with Gasteiger partial charge in [0.15, 0.2) is 5.82 Å². The third-order valence-corrected chi connectivity index (χ3v) is 3.70. The number of carbonyl (C=O) groups excluding carboxylic acids is 1. The van der Waals surface area contributed by atoms with Crippen molar-refractivity contribution >= 4 is 34.9 Å². The molecule has 3 aromatic rings. The molecule has 2 N–H and O–H groups in total. The molecule has 0 radical (unpaired) electrons. The Balaban J connectivity index is 1.96. The number of rotatable bonds is 2. The molecule has 22 heavy (non-hydrogen) atoms. The van der Waals surface area contributed by atoms with E-state index in [0.29, 0.717) is 21.2 Å². The molecule has 0 aliphatic heterocycles. The number of hydrogen-bond donors (Lipinski definition) is 1. The molecule has 0 bridgehead atoms. The van der Waals surface area contributed by atoms with Crippen LogP contribution in [0.1, 0.15) is 10.4 Å². The summed E-state index contributed by atoms with van der Waals surface area (Å²) in [5.74, 6) is 0.00761. The second kappa shape index (κ2) is 5.83. The lowest BCUT2D eigenvalue weighted by Crippen LogP contribution is -2.12. The van der Waals surface area contributed by atoms with E-state index in [1.165, 1.54) is 4.68 Å². The van der Waals surface area contributed by atoms with Gasteiger partial charge in [0.05, 0.1) is 0 Å². The lowest BCUT2D eigenvalue weighted by atomic mass is 10.1. The SMILES string of the molecule is Nc1nn(C(=O)c2ccc(Cl)cc2)cc1-c1ccc(Cl)cc1. The van der Waals surface area contributed by atoms with Crippen LogP contribution in [0.3, 0.4) is 0 Å². The monoisotopic (exact) mass is 331 g/mol. The van der Waals surface area contributed by atoms with E-state index < -0.39 is 0 Å². The molecule has 3 rings (SSSR count). The molecular weight excluding hydrogens is 321 g/mol. The number of carbonyl (C=O) groups is 1. The Hall–Kier alpha value is -2.30. The third-order valence-electron chi connectivity index (χ3n) is 3.20. The number of halogens is 2. The predicted molar refractivity (Wildman–Crippen MR) is 88.3 cm³/mol. The minimum atomic E-state index is -0.274. The van der Waals surface area contributed by atoms with Crippen molar-refractivity contribution in [1.82, 2.24) is 9.78 Å². The first-order chi connectivity index (χ1) is 10.5. The van der Waals surface area contributed by atoms with E-state index in [1.54, 1.807) is 42.6 Å². The Bertz CT molecular complexity index is 824. The summed E-state index contributed by atoms with van der Waals surface area (Å²) in [6.07, 6.45) is 1.61. The van der Waals surface area contributed by atoms with Crippen molar-refractivity contribution in [2.24, 2.45) is 0 Å². The number of anilines is 1. The van der Waals surface area contributed by atoms with Crippen LogP contribution < -0.4 is 5.73 Å². The maximum Gasteiger partial charge on any atom is 0.278 e. The average Bonchev–Trinajstić information content (AvgIpc) is 2.90. The third kappa shape index (κ3) is 2.84. The lowest BCUT2D eigenvalue weighted by Gasteiger charge is -2.00. The predicted octanol–water partition coefficient (Wildman–Crippen LogP) is 4.13. The summed E-state index contributed by atoms with van der Waals surface area (Å²) in [6.45, 7) is 0. The standard InChI is InChI=1S/C16H11Cl2N3O/c17-12-5-1-10(2-6-12)14-9-21(20-15(14)19)16(22)11-3-7-13(18)8-4-11/h1-9H,(H2,19,20). The van der Waals surface area contributed by atoms with Crippen LogP contribution in [0.15, 0.2) is 54.7 Å². The highest BCUT2D eigenvalue weighted by Gasteiger charge is 2.14. The summed E-state index contributed by atoms with van der Waals surface area (Å²) in [5, 5.41) is 5.29. The van der Waals surface area contributed by atoms with Crippen molar-refractivity contribution < 1.29 is 4.79 Å². The molecule has 110 valence electrons. The van der Waals surface area contributed by atoms with Gasteiger partial charge in [-0.25, -0.2) is 4.68 Å². The van der Waals surface area contributed by atoms with Crippen LogP contribution in [0.4, 0.5) is 5.82 Å². The van der Waals surface area contributed by atoms with E-state index in [4.69, 9.17) is 28.9 Å². The quantitative estimate of drug-likeness (QED) is 0.768. The molecule has 2 aromatic carbocycles. The number of nitrogen functional groups attached to an aromatic ring is 1. The van der Waals surface area contributed by atoms with Gasteiger partial charge in [-0.15, -0.1) is 5.10 Å². The zero-order valence-corrected chi connectivity index (χ0v) is 12.8. The highest BCUT2D eigenvalue weighted by Crippen LogP contribution is 2.26. The Labute approximate surface area is 137 Å². The van der Waals surface area contributed by atoms with Gasteiger partial charge in [-0.3, -0.25) is 4.79 Å². The summed E-state index contributed by atoms with van der Waals surface area (Å²) >= 11 is 11.7. The zero-order valence-electron chi connectivity index (χ0n) is 11.3. The van der Waals surface area contributed by atoms with Gasteiger partial charge in [0.2, 0.25) is 0 Å². The normalized spacial score (nSPS) is 10.6. The van der Waals surface area contributed by atoms with Crippen molar-refractivity contribution in [3.63, 3.8) is 0 Å². The fourth-order valence-electron chi connectivity index (χ4n) is 2.07. The van der Waals surface area contributed by atoms with Gasteiger partial charge in [0.1, 0.15) is 0 Å². The fraction of sp³-hybridized carbons (Fsp3) is 0. The van der Waals surface area contributed by atoms with Gasteiger partial charge >= 0.3 is 0 Å². The maximum absolute atomic E-state index is 12.4. The van der Waals surface area contributed by atoms with Crippen LogP contribution in [0.2, 0.25) is 10.0 Å². The van der Waals surface area contributed by atoms with Gasteiger partial charge in [-0.1, -0.05) is 35.3 Å². The van der Waals surface area contributed by atoms with Crippen LogP contribution in [0.5, 0.6) is 0 Å². The molecule has 1 heterocycles. The molecule has 0 atom stereocenters. The summed E-state index contributed by atoms with van der Waals surface area (Å²) in [7, 11) is 0. The first-order valence-electron chi connectivity index (χ1n) is 6.46. The molecule has 6 heteroatoms. The first kappa shape index (κ1) is 14.6.